The van der Waals surface area contributed by atoms with E-state index in [1.165, 1.54) is 0 Å². The maximum atomic E-state index is 12.2. The van der Waals surface area contributed by atoms with Gasteiger partial charge < -0.3 is 25.4 Å². The Balaban J connectivity index is 2.01. The molecule has 1 heterocycles. The molecule has 1 amide bonds. The molecule has 24 heavy (non-hydrogen) atoms. The van der Waals surface area contributed by atoms with Crippen LogP contribution in [0.5, 0.6) is 5.75 Å². The Morgan fingerprint density at radius 3 is 2.75 bits per heavy atom. The van der Waals surface area contributed by atoms with E-state index in [9.17, 15) is 4.79 Å². The summed E-state index contributed by atoms with van der Waals surface area (Å²) in [5.74, 6) is 0.668. The van der Waals surface area contributed by atoms with Gasteiger partial charge in [0.15, 0.2) is 5.11 Å². The van der Waals surface area contributed by atoms with E-state index in [1.807, 2.05) is 45.0 Å². The molecule has 0 aromatic heterocycles. The van der Waals surface area contributed by atoms with Crippen molar-refractivity contribution in [2.75, 3.05) is 18.4 Å². The number of para-hydroxylation sites is 2. The summed E-state index contributed by atoms with van der Waals surface area (Å²) in [6, 6.07) is 7.46. The highest BCUT2D eigenvalue weighted by molar-refractivity contribution is 7.80. The number of likely N-dealkylation sites (tertiary alicyclic amines) is 1. The number of amides is 1. The van der Waals surface area contributed by atoms with Gasteiger partial charge in [-0.2, -0.15) is 0 Å². The Bertz CT molecular complexity index is 601. The van der Waals surface area contributed by atoms with Crippen molar-refractivity contribution in [1.29, 1.82) is 0 Å². The van der Waals surface area contributed by atoms with Gasteiger partial charge in [0.05, 0.1) is 12.2 Å². The van der Waals surface area contributed by atoms with Crippen LogP contribution in [-0.4, -0.2) is 40.9 Å². The predicted octanol–water partition coefficient (Wildman–Crippen LogP) is 3.12. The number of thiocarbonyl (C=S) groups is 1. The standard InChI is InChI=1S/C17H25N3O3S/c1-17(2,3)23-16(21)20-10-6-7-12(11-20)22-14-9-5-4-8-13(14)19-15(18)24/h4-5,8-9,12H,6-7,10-11H2,1-3H3,(H3,18,19,24). The first-order valence-electron chi connectivity index (χ1n) is 8.04. The average Bonchev–Trinajstić information content (AvgIpc) is 2.47. The normalized spacial score (nSPS) is 18.0. The van der Waals surface area contributed by atoms with E-state index in [2.05, 4.69) is 5.32 Å². The fourth-order valence-electron chi connectivity index (χ4n) is 2.51. The van der Waals surface area contributed by atoms with Gasteiger partial charge in [0, 0.05) is 6.54 Å². The van der Waals surface area contributed by atoms with Crippen LogP contribution in [0.2, 0.25) is 0 Å². The van der Waals surface area contributed by atoms with Gasteiger partial charge in [0.2, 0.25) is 0 Å². The minimum atomic E-state index is -0.502. The number of piperidine rings is 1. The van der Waals surface area contributed by atoms with E-state index < -0.39 is 5.60 Å². The molecule has 132 valence electrons. The summed E-state index contributed by atoms with van der Waals surface area (Å²) in [5, 5.41) is 3.09. The summed E-state index contributed by atoms with van der Waals surface area (Å²) >= 11 is 4.89. The number of carbonyl (C=O) groups is 1. The third kappa shape index (κ3) is 5.56. The van der Waals surface area contributed by atoms with Gasteiger partial charge >= 0.3 is 6.09 Å². The number of anilines is 1. The number of nitrogens with two attached hydrogens (primary N) is 1. The quantitative estimate of drug-likeness (QED) is 0.815. The molecule has 6 nitrogen and oxygen atoms in total. The SMILES string of the molecule is CC(C)(C)OC(=O)N1CCCC(Oc2ccccc2NC(N)=S)C1. The van der Waals surface area contributed by atoms with Crippen LogP contribution >= 0.6 is 12.2 Å². The molecule has 1 fully saturated rings. The first-order chi connectivity index (χ1) is 11.2. The van der Waals surface area contributed by atoms with Crippen molar-refractivity contribution in [1.82, 2.24) is 4.90 Å². The predicted molar refractivity (Wildman–Crippen MR) is 98.3 cm³/mol. The third-order valence-electron chi connectivity index (χ3n) is 3.47. The van der Waals surface area contributed by atoms with Crippen molar-refractivity contribution in [3.05, 3.63) is 24.3 Å². The van der Waals surface area contributed by atoms with Crippen LogP contribution in [0.3, 0.4) is 0 Å². The maximum absolute atomic E-state index is 12.2. The van der Waals surface area contributed by atoms with Crippen LogP contribution < -0.4 is 15.8 Å². The van der Waals surface area contributed by atoms with Gasteiger partial charge in [-0.15, -0.1) is 0 Å². The molecule has 0 bridgehead atoms. The molecular formula is C17H25N3O3S. The van der Waals surface area contributed by atoms with Crippen LogP contribution in [0.1, 0.15) is 33.6 Å². The lowest BCUT2D eigenvalue weighted by Gasteiger charge is -2.34. The summed E-state index contributed by atoms with van der Waals surface area (Å²) in [6.07, 6.45) is 1.35. The second-order valence-corrected chi connectivity index (χ2v) is 7.23. The Kier molecular flexibility index (Phi) is 5.88. The van der Waals surface area contributed by atoms with Crippen LogP contribution in [0.4, 0.5) is 10.5 Å². The Hall–Kier alpha value is -2.02. The minimum Gasteiger partial charge on any atom is -0.486 e. The summed E-state index contributed by atoms with van der Waals surface area (Å²) in [6.45, 7) is 6.76. The van der Waals surface area contributed by atoms with Crippen molar-refractivity contribution in [2.45, 2.75) is 45.3 Å². The lowest BCUT2D eigenvalue weighted by molar-refractivity contribution is 0.00785. The van der Waals surface area contributed by atoms with Crippen molar-refractivity contribution < 1.29 is 14.3 Å². The smallest absolute Gasteiger partial charge is 0.410 e. The van der Waals surface area contributed by atoms with E-state index in [1.54, 1.807) is 4.90 Å². The van der Waals surface area contributed by atoms with Crippen molar-refractivity contribution in [3.8, 4) is 5.75 Å². The second-order valence-electron chi connectivity index (χ2n) is 6.79. The van der Waals surface area contributed by atoms with E-state index in [0.717, 1.165) is 18.5 Å². The highest BCUT2D eigenvalue weighted by Crippen LogP contribution is 2.27. The van der Waals surface area contributed by atoms with Gasteiger partial charge in [-0.25, -0.2) is 4.79 Å². The fourth-order valence-corrected chi connectivity index (χ4v) is 2.62. The maximum Gasteiger partial charge on any atom is 0.410 e. The number of nitrogens with one attached hydrogen (secondary N) is 1. The van der Waals surface area contributed by atoms with Gasteiger partial charge in [0.1, 0.15) is 17.5 Å². The molecule has 0 aliphatic carbocycles. The second kappa shape index (κ2) is 7.70. The number of nitrogens with zero attached hydrogens (tertiary/aromatic N) is 1. The molecule has 0 saturated carbocycles. The molecule has 0 radical (unpaired) electrons. The molecule has 1 aromatic rings. The third-order valence-corrected chi connectivity index (χ3v) is 3.57. The number of rotatable bonds is 3. The summed E-state index contributed by atoms with van der Waals surface area (Å²) < 4.78 is 11.5. The largest absolute Gasteiger partial charge is 0.486 e. The van der Waals surface area contributed by atoms with Crippen LogP contribution in [0.15, 0.2) is 24.3 Å². The van der Waals surface area contributed by atoms with Crippen LogP contribution in [-0.2, 0) is 4.74 Å². The monoisotopic (exact) mass is 351 g/mol. The molecule has 1 saturated heterocycles. The summed E-state index contributed by atoms with van der Waals surface area (Å²) in [5.41, 5.74) is 5.76. The van der Waals surface area contributed by atoms with E-state index in [0.29, 0.717) is 18.8 Å². The molecule has 7 heteroatoms. The first-order valence-corrected chi connectivity index (χ1v) is 8.45. The van der Waals surface area contributed by atoms with E-state index in [-0.39, 0.29) is 17.3 Å². The summed E-state index contributed by atoms with van der Waals surface area (Å²) in [4.78, 5) is 13.9. The Morgan fingerprint density at radius 2 is 2.08 bits per heavy atom. The number of hydrogen-bond donors (Lipinski definition) is 2. The first kappa shape index (κ1) is 18.3. The minimum absolute atomic E-state index is 0.0967. The Labute approximate surface area is 148 Å². The fraction of sp³-hybridized carbons (Fsp3) is 0.529. The van der Waals surface area contributed by atoms with Crippen molar-refractivity contribution in [2.24, 2.45) is 5.73 Å². The van der Waals surface area contributed by atoms with Crippen molar-refractivity contribution >= 4 is 29.1 Å². The van der Waals surface area contributed by atoms with Gasteiger partial charge in [-0.05, 0) is 58.0 Å². The molecule has 3 N–H and O–H groups in total. The molecule has 2 rings (SSSR count). The van der Waals surface area contributed by atoms with Crippen molar-refractivity contribution in [3.63, 3.8) is 0 Å². The number of hydrogen-bond acceptors (Lipinski definition) is 4. The average molecular weight is 351 g/mol. The zero-order chi connectivity index (χ0) is 17.7. The zero-order valence-electron chi connectivity index (χ0n) is 14.4. The number of carbonyl (C=O) groups excluding carboxylic acids is 1. The molecule has 1 aliphatic rings. The molecule has 1 unspecified atom stereocenters. The molecule has 1 aromatic carbocycles. The van der Waals surface area contributed by atoms with Gasteiger partial charge in [-0.3, -0.25) is 0 Å². The molecule has 0 spiro atoms. The summed E-state index contributed by atoms with van der Waals surface area (Å²) in [7, 11) is 0. The van der Waals surface area contributed by atoms with Crippen LogP contribution in [0, 0.1) is 0 Å². The molecule has 1 atom stereocenters. The topological polar surface area (TPSA) is 76.8 Å². The Morgan fingerprint density at radius 1 is 1.38 bits per heavy atom. The molecular weight excluding hydrogens is 326 g/mol. The highest BCUT2D eigenvalue weighted by Gasteiger charge is 2.28. The van der Waals surface area contributed by atoms with E-state index in [4.69, 9.17) is 27.4 Å². The lowest BCUT2D eigenvalue weighted by Crippen LogP contribution is -2.46. The number of ether oxygens (including phenoxy) is 2. The van der Waals surface area contributed by atoms with Crippen LogP contribution in [0.25, 0.3) is 0 Å². The zero-order valence-corrected chi connectivity index (χ0v) is 15.2. The van der Waals surface area contributed by atoms with E-state index >= 15 is 0 Å². The van der Waals surface area contributed by atoms with Gasteiger partial charge in [-0.1, -0.05) is 12.1 Å². The van der Waals surface area contributed by atoms with Gasteiger partial charge in [0.25, 0.3) is 0 Å². The highest BCUT2D eigenvalue weighted by atomic mass is 32.1. The molecule has 1 aliphatic heterocycles. The number of benzene rings is 1. The lowest BCUT2D eigenvalue weighted by atomic mass is 10.1.